The first-order valence-electron chi connectivity index (χ1n) is 11.0. The zero-order valence-electron chi connectivity index (χ0n) is 17.9. The van der Waals surface area contributed by atoms with Crippen LogP contribution in [-0.4, -0.2) is 70.8 Å². The number of amides is 2. The molecular weight excluding hydrogens is 412 g/mol. The number of pyridine rings is 1. The molecule has 31 heavy (non-hydrogen) atoms. The number of nitrogens with zero attached hydrogens (tertiary/aromatic N) is 4. The van der Waals surface area contributed by atoms with Crippen molar-refractivity contribution in [1.29, 1.82) is 0 Å². The van der Waals surface area contributed by atoms with E-state index in [2.05, 4.69) is 28.9 Å². The smallest absolute Gasteiger partial charge is 0.320 e. The maximum Gasteiger partial charge on any atom is 0.320 e. The molecule has 2 aromatic rings. The number of ketones is 1. The summed E-state index contributed by atoms with van der Waals surface area (Å²) >= 11 is 5.92. The van der Waals surface area contributed by atoms with Crippen LogP contribution in [0.1, 0.15) is 41.7 Å². The second-order valence-electron chi connectivity index (χ2n) is 8.39. The molecule has 2 aliphatic heterocycles. The van der Waals surface area contributed by atoms with Crippen molar-refractivity contribution in [2.75, 3.05) is 39.3 Å². The Morgan fingerprint density at radius 1 is 0.903 bits per heavy atom. The van der Waals surface area contributed by atoms with Crippen LogP contribution in [0.4, 0.5) is 4.79 Å². The zero-order chi connectivity index (χ0) is 21.8. The van der Waals surface area contributed by atoms with E-state index in [9.17, 15) is 9.59 Å². The molecule has 0 saturated carbocycles. The third kappa shape index (κ3) is 5.08. The summed E-state index contributed by atoms with van der Waals surface area (Å²) in [7, 11) is 0. The number of hydrogen-bond acceptors (Lipinski definition) is 4. The highest BCUT2D eigenvalue weighted by Crippen LogP contribution is 2.25. The van der Waals surface area contributed by atoms with Gasteiger partial charge >= 0.3 is 6.03 Å². The fourth-order valence-corrected chi connectivity index (χ4v) is 4.66. The Balaban J connectivity index is 1.26. The number of carbonyl (C=O) groups is 2. The summed E-state index contributed by atoms with van der Waals surface area (Å²) in [5, 5.41) is 0.632. The highest BCUT2D eigenvalue weighted by molar-refractivity contribution is 6.30. The van der Waals surface area contributed by atoms with Crippen molar-refractivity contribution in [3.63, 3.8) is 0 Å². The number of aromatic nitrogens is 1. The van der Waals surface area contributed by atoms with Crippen molar-refractivity contribution in [2.45, 2.75) is 25.8 Å². The summed E-state index contributed by atoms with van der Waals surface area (Å²) in [5.41, 5.74) is 1.95. The third-order valence-corrected chi connectivity index (χ3v) is 6.84. The predicted octanol–water partition coefficient (Wildman–Crippen LogP) is 4.13. The quantitative estimate of drug-likeness (QED) is 0.671. The monoisotopic (exact) mass is 440 g/mol. The van der Waals surface area contributed by atoms with E-state index in [-0.39, 0.29) is 17.7 Å². The van der Waals surface area contributed by atoms with Crippen LogP contribution in [0.15, 0.2) is 48.8 Å². The summed E-state index contributed by atoms with van der Waals surface area (Å²) in [6, 6.07) is 11.6. The molecular formula is C24H29ClN4O2. The first-order valence-corrected chi connectivity index (χ1v) is 11.4. The van der Waals surface area contributed by atoms with E-state index in [0.29, 0.717) is 42.6 Å². The number of hydrogen-bond donors (Lipinski definition) is 0. The van der Waals surface area contributed by atoms with E-state index in [0.717, 1.165) is 26.2 Å². The predicted molar refractivity (Wildman–Crippen MR) is 121 cm³/mol. The van der Waals surface area contributed by atoms with Crippen LogP contribution in [-0.2, 0) is 0 Å². The Kier molecular flexibility index (Phi) is 6.88. The molecule has 1 aromatic carbocycles. The van der Waals surface area contributed by atoms with Crippen molar-refractivity contribution in [2.24, 2.45) is 5.92 Å². The van der Waals surface area contributed by atoms with Gasteiger partial charge in [-0.3, -0.25) is 14.7 Å². The molecule has 0 N–H and O–H groups in total. The molecule has 2 saturated heterocycles. The van der Waals surface area contributed by atoms with Crippen LogP contribution in [0, 0.1) is 5.92 Å². The average Bonchev–Trinajstić information content (AvgIpc) is 2.84. The zero-order valence-corrected chi connectivity index (χ0v) is 18.7. The highest BCUT2D eigenvalue weighted by Gasteiger charge is 2.32. The fraction of sp³-hybridized carbons (Fsp3) is 0.458. The van der Waals surface area contributed by atoms with Gasteiger partial charge in [0.2, 0.25) is 0 Å². The fourth-order valence-electron chi connectivity index (χ4n) is 4.54. The van der Waals surface area contributed by atoms with Crippen molar-refractivity contribution >= 4 is 23.4 Å². The molecule has 1 atom stereocenters. The first kappa shape index (κ1) is 21.8. The molecule has 1 unspecified atom stereocenters. The minimum atomic E-state index is -0.0247. The Bertz CT molecular complexity index is 890. The van der Waals surface area contributed by atoms with Gasteiger partial charge in [-0.1, -0.05) is 11.6 Å². The highest BCUT2D eigenvalue weighted by atomic mass is 35.5. The maximum absolute atomic E-state index is 13.0. The second-order valence-corrected chi connectivity index (χ2v) is 8.83. The summed E-state index contributed by atoms with van der Waals surface area (Å²) in [4.78, 5) is 36.1. The van der Waals surface area contributed by atoms with Crippen molar-refractivity contribution in [1.82, 2.24) is 19.7 Å². The number of halogens is 1. The molecule has 3 heterocycles. The van der Waals surface area contributed by atoms with Gasteiger partial charge in [0.05, 0.1) is 0 Å². The van der Waals surface area contributed by atoms with E-state index in [1.54, 1.807) is 24.3 Å². The molecule has 4 rings (SSSR count). The van der Waals surface area contributed by atoms with Crippen molar-refractivity contribution in [3.05, 3.63) is 64.9 Å². The topological polar surface area (TPSA) is 56.8 Å². The van der Waals surface area contributed by atoms with E-state index in [1.807, 2.05) is 22.2 Å². The number of piperazine rings is 1. The van der Waals surface area contributed by atoms with Gasteiger partial charge in [-0.25, -0.2) is 4.79 Å². The number of benzene rings is 1. The number of carbonyl (C=O) groups excluding carboxylic acids is 2. The molecule has 2 aliphatic rings. The molecule has 0 aliphatic carbocycles. The maximum atomic E-state index is 13.0. The molecule has 1 aromatic heterocycles. The standard InChI is InChI=1S/C24H29ClN4O2/c1-18(19-6-10-26-11-7-19)27-14-16-29(17-15-27)24(31)28-12-8-21(9-13-28)23(30)20-2-4-22(25)5-3-20/h2-7,10-11,18,21H,8-9,12-17H2,1H3. The first-order chi connectivity index (χ1) is 15.0. The summed E-state index contributed by atoms with van der Waals surface area (Å²) in [5.74, 6) is 0.130. The Labute approximate surface area is 188 Å². The summed E-state index contributed by atoms with van der Waals surface area (Å²) in [6.45, 7) is 6.67. The minimum absolute atomic E-state index is 0.0247. The average molecular weight is 441 g/mol. The molecule has 2 fully saturated rings. The SMILES string of the molecule is CC(c1ccncc1)N1CCN(C(=O)N2CCC(C(=O)c3ccc(Cl)cc3)CC2)CC1. The number of Topliss-reactive ketones (excluding diaryl/α,β-unsaturated/α-hetero) is 1. The Morgan fingerprint density at radius 2 is 1.48 bits per heavy atom. The largest absolute Gasteiger partial charge is 0.325 e. The summed E-state index contributed by atoms with van der Waals surface area (Å²) in [6.07, 6.45) is 5.08. The lowest BCUT2D eigenvalue weighted by Gasteiger charge is -2.41. The number of likely N-dealkylation sites (tertiary alicyclic amines) is 1. The molecule has 7 heteroatoms. The van der Waals surface area contributed by atoms with Crippen LogP contribution in [0.25, 0.3) is 0 Å². The molecule has 0 radical (unpaired) electrons. The molecule has 0 spiro atoms. The third-order valence-electron chi connectivity index (χ3n) is 6.59. The van der Waals surface area contributed by atoms with E-state index < -0.39 is 0 Å². The lowest BCUT2D eigenvalue weighted by molar-refractivity contribution is 0.0761. The van der Waals surface area contributed by atoms with Crippen molar-refractivity contribution < 1.29 is 9.59 Å². The van der Waals surface area contributed by atoms with E-state index >= 15 is 0 Å². The van der Waals surface area contributed by atoms with Gasteiger partial charge < -0.3 is 9.80 Å². The lowest BCUT2D eigenvalue weighted by atomic mass is 9.89. The van der Waals surface area contributed by atoms with E-state index in [4.69, 9.17) is 11.6 Å². The molecule has 164 valence electrons. The van der Waals surface area contributed by atoms with Gasteiger partial charge in [0.25, 0.3) is 0 Å². The number of piperidine rings is 1. The number of urea groups is 1. The van der Waals surface area contributed by atoms with Crippen LogP contribution in [0.5, 0.6) is 0 Å². The Morgan fingerprint density at radius 3 is 2.10 bits per heavy atom. The number of rotatable bonds is 4. The Hall–Kier alpha value is -2.44. The van der Waals surface area contributed by atoms with Crippen LogP contribution in [0.3, 0.4) is 0 Å². The molecule has 0 bridgehead atoms. The van der Waals surface area contributed by atoms with Gasteiger partial charge in [0.15, 0.2) is 5.78 Å². The summed E-state index contributed by atoms with van der Waals surface area (Å²) < 4.78 is 0. The van der Waals surface area contributed by atoms with Crippen LogP contribution < -0.4 is 0 Å². The minimum Gasteiger partial charge on any atom is -0.325 e. The molecule has 6 nitrogen and oxygen atoms in total. The van der Waals surface area contributed by atoms with Gasteiger partial charge in [0.1, 0.15) is 0 Å². The lowest BCUT2D eigenvalue weighted by Crippen LogP contribution is -2.54. The van der Waals surface area contributed by atoms with Gasteiger partial charge in [-0.15, -0.1) is 0 Å². The van der Waals surface area contributed by atoms with Crippen LogP contribution in [0.2, 0.25) is 5.02 Å². The normalized spacial score (nSPS) is 19.3. The molecule has 2 amide bonds. The van der Waals surface area contributed by atoms with Gasteiger partial charge in [0, 0.05) is 74.2 Å². The van der Waals surface area contributed by atoms with Crippen LogP contribution >= 0.6 is 11.6 Å². The van der Waals surface area contributed by atoms with Gasteiger partial charge in [-0.05, 0) is 61.7 Å². The van der Waals surface area contributed by atoms with E-state index in [1.165, 1.54) is 5.56 Å². The van der Waals surface area contributed by atoms with Crippen molar-refractivity contribution in [3.8, 4) is 0 Å². The second kappa shape index (κ2) is 9.79. The van der Waals surface area contributed by atoms with Gasteiger partial charge in [-0.2, -0.15) is 0 Å².